The number of fused-ring (bicyclic) bond motifs is 5. The number of hydrogen-bond acceptors (Lipinski definition) is 2. The second-order valence-electron chi connectivity index (χ2n) is 9.12. The van der Waals surface area contributed by atoms with Gasteiger partial charge in [0.1, 0.15) is 0 Å². The molecule has 0 aromatic rings. The van der Waals surface area contributed by atoms with Crippen LogP contribution in [0.2, 0.25) is 0 Å². The van der Waals surface area contributed by atoms with Gasteiger partial charge in [-0.1, -0.05) is 13.8 Å². The molecule has 4 fully saturated rings. The predicted molar refractivity (Wildman–Crippen MR) is 86.8 cm³/mol. The molecule has 126 valence electrons. The van der Waals surface area contributed by atoms with E-state index in [1.807, 2.05) is 0 Å². The predicted octanol–water partition coefficient (Wildman–Crippen LogP) is 3.24. The molecule has 4 rings (SSSR count). The van der Waals surface area contributed by atoms with E-state index in [2.05, 4.69) is 18.6 Å². The molecule has 4 aliphatic rings. The van der Waals surface area contributed by atoms with Gasteiger partial charge < -0.3 is 10.6 Å². The molecule has 4 aliphatic carbocycles. The molecule has 0 spiro atoms. The summed E-state index contributed by atoms with van der Waals surface area (Å²) in [5, 5.41) is 10.1. The molecule has 4 saturated carbocycles. The van der Waals surface area contributed by atoms with E-state index in [4.69, 9.17) is 0 Å². The zero-order chi connectivity index (χ0) is 16.4. The highest BCUT2D eigenvalue weighted by Crippen LogP contribution is 2.65. The maximum atomic E-state index is 12.6. The molecule has 4 nitrogen and oxygen atoms in total. The first-order valence-electron chi connectivity index (χ1n) is 9.34. The van der Waals surface area contributed by atoms with Crippen LogP contribution in [0.15, 0.2) is 0 Å². The minimum Gasteiger partial charge on any atom is -0.393 e. The maximum Gasteiger partial charge on any atom is 0.335 e. The number of carbonyl (C=O) groups excluding carboxylic acids is 1. The second-order valence-corrected chi connectivity index (χ2v) is 9.12. The number of aliphatic hydroxyl groups is 1. The van der Waals surface area contributed by atoms with Gasteiger partial charge in [0.25, 0.3) is 0 Å². The van der Waals surface area contributed by atoms with Crippen molar-refractivity contribution in [2.45, 2.75) is 71.3 Å². The number of aliphatic hydroxyl groups excluding tert-OH is 1. The molecule has 0 saturated heterocycles. The highest BCUT2D eigenvalue weighted by molar-refractivity contribution is 6.41. The SMILES string of the molecule is CC12CCC3C(CCC4CC(O)CCC43C)C1CC(=[N+]=[N-])C2=O. The van der Waals surface area contributed by atoms with Crippen LogP contribution in [0.1, 0.15) is 65.2 Å². The fourth-order valence-corrected chi connectivity index (χ4v) is 6.93. The summed E-state index contributed by atoms with van der Waals surface area (Å²) < 4.78 is 0. The van der Waals surface area contributed by atoms with Crippen LogP contribution in [0.5, 0.6) is 0 Å². The van der Waals surface area contributed by atoms with Crippen LogP contribution in [-0.4, -0.2) is 27.5 Å². The summed E-state index contributed by atoms with van der Waals surface area (Å²) in [4.78, 5) is 16.0. The van der Waals surface area contributed by atoms with Crippen LogP contribution in [-0.2, 0) is 4.79 Å². The number of rotatable bonds is 0. The lowest BCUT2D eigenvalue weighted by Gasteiger charge is -2.59. The first kappa shape index (κ1) is 15.5. The van der Waals surface area contributed by atoms with E-state index in [0.29, 0.717) is 41.2 Å². The fraction of sp³-hybridized carbons (Fsp3) is 0.895. The third-order valence-electron chi connectivity index (χ3n) is 8.34. The molecule has 7 unspecified atom stereocenters. The molecule has 0 aliphatic heterocycles. The first-order chi connectivity index (χ1) is 10.9. The summed E-state index contributed by atoms with van der Waals surface area (Å²) in [6.45, 7) is 4.55. The van der Waals surface area contributed by atoms with Crippen molar-refractivity contribution in [2.75, 3.05) is 0 Å². The van der Waals surface area contributed by atoms with Crippen LogP contribution in [0.4, 0.5) is 0 Å². The molecule has 0 aromatic carbocycles. The normalized spacial score (nSPS) is 52.4. The maximum absolute atomic E-state index is 12.6. The van der Waals surface area contributed by atoms with Gasteiger partial charge in [-0.05, 0) is 74.0 Å². The monoisotopic (exact) mass is 316 g/mol. The number of carbonyl (C=O) groups is 1. The Kier molecular flexibility index (Phi) is 3.38. The van der Waals surface area contributed by atoms with E-state index in [-0.39, 0.29) is 17.3 Å². The van der Waals surface area contributed by atoms with Crippen molar-refractivity contribution in [3.05, 3.63) is 5.53 Å². The largest absolute Gasteiger partial charge is 0.393 e. The molecule has 1 N–H and O–H groups in total. The van der Waals surface area contributed by atoms with Crippen LogP contribution in [0, 0.1) is 34.5 Å². The van der Waals surface area contributed by atoms with Crippen molar-refractivity contribution in [1.82, 2.24) is 0 Å². The lowest BCUT2D eigenvalue weighted by molar-refractivity contribution is -0.141. The van der Waals surface area contributed by atoms with Crippen molar-refractivity contribution in [1.29, 1.82) is 0 Å². The lowest BCUT2D eigenvalue weighted by atomic mass is 9.45. The van der Waals surface area contributed by atoms with Crippen LogP contribution < -0.4 is 0 Å². The third kappa shape index (κ3) is 1.97. The number of hydrogen-bond donors (Lipinski definition) is 1. The van der Waals surface area contributed by atoms with Gasteiger partial charge in [0.2, 0.25) is 5.78 Å². The van der Waals surface area contributed by atoms with Gasteiger partial charge in [0.15, 0.2) is 0 Å². The van der Waals surface area contributed by atoms with E-state index in [1.165, 1.54) is 12.8 Å². The van der Waals surface area contributed by atoms with E-state index < -0.39 is 0 Å². The fourth-order valence-electron chi connectivity index (χ4n) is 6.93. The lowest BCUT2D eigenvalue weighted by Crippen LogP contribution is -2.54. The van der Waals surface area contributed by atoms with E-state index in [0.717, 1.165) is 32.1 Å². The Bertz CT molecular complexity index is 596. The summed E-state index contributed by atoms with van der Waals surface area (Å²) in [7, 11) is 0. The highest BCUT2D eigenvalue weighted by Gasteiger charge is 2.63. The average molecular weight is 316 g/mol. The number of ketones is 1. The van der Waals surface area contributed by atoms with E-state index in [9.17, 15) is 15.4 Å². The van der Waals surface area contributed by atoms with Crippen molar-refractivity contribution >= 4 is 11.5 Å². The summed E-state index contributed by atoms with van der Waals surface area (Å²) >= 11 is 0. The molecule has 0 amide bonds. The Labute approximate surface area is 138 Å². The minimum atomic E-state index is -0.305. The Morgan fingerprint density at radius 3 is 2.65 bits per heavy atom. The Balaban J connectivity index is 1.67. The van der Waals surface area contributed by atoms with Crippen molar-refractivity contribution < 1.29 is 14.7 Å². The highest BCUT2D eigenvalue weighted by atomic mass is 16.3. The second kappa shape index (κ2) is 5.00. The van der Waals surface area contributed by atoms with Gasteiger partial charge in [-0.15, -0.1) is 0 Å². The minimum absolute atomic E-state index is 0.0924. The van der Waals surface area contributed by atoms with Crippen molar-refractivity contribution in [3.8, 4) is 0 Å². The molecule has 4 heteroatoms. The molecule has 0 aromatic heterocycles. The van der Waals surface area contributed by atoms with Crippen LogP contribution in [0.3, 0.4) is 0 Å². The zero-order valence-corrected chi connectivity index (χ0v) is 14.3. The summed E-state index contributed by atoms with van der Waals surface area (Å²) in [6, 6.07) is 0. The van der Waals surface area contributed by atoms with E-state index in [1.54, 1.807) is 0 Å². The Morgan fingerprint density at radius 1 is 1.13 bits per heavy atom. The first-order valence-corrected chi connectivity index (χ1v) is 9.34. The Morgan fingerprint density at radius 2 is 1.91 bits per heavy atom. The smallest absolute Gasteiger partial charge is 0.335 e. The third-order valence-corrected chi connectivity index (χ3v) is 8.34. The molecule has 7 atom stereocenters. The van der Waals surface area contributed by atoms with Crippen molar-refractivity contribution in [2.24, 2.45) is 34.5 Å². The van der Waals surface area contributed by atoms with Gasteiger partial charge in [-0.25, -0.2) is 0 Å². The summed E-state index contributed by atoms with van der Waals surface area (Å²) in [6.07, 6.45) is 7.97. The Hall–Kier alpha value is -0.990. The molecule has 23 heavy (non-hydrogen) atoms. The molecule has 0 radical (unpaired) electrons. The van der Waals surface area contributed by atoms with Gasteiger partial charge >= 0.3 is 5.71 Å². The standard InChI is InChI=1S/C19H28N2O2/c1-18-7-5-12(22)9-11(18)3-4-13-14(18)6-8-19(2)15(13)10-16(21-20)17(19)23/h11-15,22H,3-10H2,1-2H3. The average Bonchev–Trinajstić information content (AvgIpc) is 2.79. The zero-order valence-electron chi connectivity index (χ0n) is 14.3. The van der Waals surface area contributed by atoms with Crippen LogP contribution in [0.25, 0.3) is 5.53 Å². The number of nitrogens with zero attached hydrogens (tertiary/aromatic N) is 2. The summed E-state index contributed by atoms with van der Waals surface area (Å²) in [5.41, 5.74) is 9.63. The quantitative estimate of drug-likeness (QED) is 0.550. The molecular formula is C19H28N2O2. The molecule has 0 bridgehead atoms. The van der Waals surface area contributed by atoms with Gasteiger partial charge in [0, 0.05) is 5.41 Å². The molecule has 0 heterocycles. The van der Waals surface area contributed by atoms with Crippen LogP contribution >= 0.6 is 0 Å². The van der Waals surface area contributed by atoms with E-state index >= 15 is 0 Å². The van der Waals surface area contributed by atoms with Crippen molar-refractivity contribution in [3.63, 3.8) is 0 Å². The van der Waals surface area contributed by atoms with Gasteiger partial charge in [-0.2, -0.15) is 4.79 Å². The topological polar surface area (TPSA) is 73.7 Å². The number of Topliss-reactive ketones (excluding diaryl/α,β-unsaturated/α-hetero) is 1. The van der Waals surface area contributed by atoms with Gasteiger partial charge in [0.05, 0.1) is 12.5 Å². The van der Waals surface area contributed by atoms with Gasteiger partial charge in [-0.3, -0.25) is 4.79 Å². The molecular weight excluding hydrogens is 288 g/mol. The summed E-state index contributed by atoms with van der Waals surface area (Å²) in [5.74, 6) is 2.32.